The lowest BCUT2D eigenvalue weighted by Gasteiger charge is -2.07. The maximum atomic E-state index is 12.9. The number of nitrogen functional groups attached to an aromatic ring is 1. The van der Waals surface area contributed by atoms with Gasteiger partial charge in [0.1, 0.15) is 11.6 Å². The lowest BCUT2D eigenvalue weighted by atomic mass is 10.1. The average Bonchev–Trinajstić information content (AvgIpc) is 2.36. The van der Waals surface area contributed by atoms with Crippen molar-refractivity contribution in [3.63, 3.8) is 0 Å². The van der Waals surface area contributed by atoms with Gasteiger partial charge in [-0.25, -0.2) is 4.39 Å². The standard InChI is InChI=1S/C14H13ClFNO/c15-13-9-12(5-6-14(13)16)18-8-7-10-1-3-11(17)4-2-10/h1-6,9H,7-8,17H2. The van der Waals surface area contributed by atoms with Crippen molar-refractivity contribution < 1.29 is 9.13 Å². The molecule has 2 aromatic rings. The molecule has 0 spiro atoms. The van der Waals surface area contributed by atoms with Crippen LogP contribution < -0.4 is 10.5 Å². The van der Waals surface area contributed by atoms with E-state index in [1.54, 1.807) is 6.07 Å². The van der Waals surface area contributed by atoms with Gasteiger partial charge in [0.15, 0.2) is 0 Å². The van der Waals surface area contributed by atoms with Gasteiger partial charge in [0.2, 0.25) is 0 Å². The molecule has 2 rings (SSSR count). The first kappa shape index (κ1) is 12.7. The van der Waals surface area contributed by atoms with Crippen LogP contribution in [0, 0.1) is 5.82 Å². The topological polar surface area (TPSA) is 35.2 Å². The Balaban J connectivity index is 1.88. The van der Waals surface area contributed by atoms with Crippen LogP contribution in [0.4, 0.5) is 10.1 Å². The third-order valence-electron chi connectivity index (χ3n) is 2.53. The highest BCUT2D eigenvalue weighted by Crippen LogP contribution is 2.21. The maximum absolute atomic E-state index is 12.9. The van der Waals surface area contributed by atoms with Crippen LogP contribution in [-0.4, -0.2) is 6.61 Å². The minimum atomic E-state index is -0.442. The zero-order valence-electron chi connectivity index (χ0n) is 9.70. The van der Waals surface area contributed by atoms with E-state index in [4.69, 9.17) is 22.1 Å². The molecule has 0 aliphatic rings. The van der Waals surface area contributed by atoms with Crippen LogP contribution in [0.2, 0.25) is 5.02 Å². The largest absolute Gasteiger partial charge is 0.493 e. The molecule has 0 bridgehead atoms. The van der Waals surface area contributed by atoms with E-state index in [1.165, 1.54) is 12.1 Å². The summed E-state index contributed by atoms with van der Waals surface area (Å²) in [4.78, 5) is 0. The second-order valence-electron chi connectivity index (χ2n) is 3.92. The molecular weight excluding hydrogens is 253 g/mol. The van der Waals surface area contributed by atoms with Gasteiger partial charge in [0, 0.05) is 18.2 Å². The summed E-state index contributed by atoms with van der Waals surface area (Å²) in [5.74, 6) is 0.124. The molecule has 2 N–H and O–H groups in total. The number of anilines is 1. The summed E-state index contributed by atoms with van der Waals surface area (Å²) in [6.07, 6.45) is 0.759. The van der Waals surface area contributed by atoms with Crippen LogP contribution in [0.5, 0.6) is 5.75 Å². The van der Waals surface area contributed by atoms with Crippen molar-refractivity contribution in [1.29, 1.82) is 0 Å². The van der Waals surface area contributed by atoms with E-state index in [-0.39, 0.29) is 5.02 Å². The van der Waals surface area contributed by atoms with Crippen molar-refractivity contribution in [3.05, 3.63) is 58.9 Å². The van der Waals surface area contributed by atoms with E-state index in [2.05, 4.69) is 0 Å². The molecule has 2 aromatic carbocycles. The second kappa shape index (κ2) is 5.74. The highest BCUT2D eigenvalue weighted by atomic mass is 35.5. The van der Waals surface area contributed by atoms with Crippen molar-refractivity contribution in [1.82, 2.24) is 0 Å². The van der Waals surface area contributed by atoms with E-state index in [1.807, 2.05) is 24.3 Å². The number of hydrogen-bond donors (Lipinski definition) is 1. The van der Waals surface area contributed by atoms with Crippen molar-refractivity contribution in [2.45, 2.75) is 6.42 Å². The van der Waals surface area contributed by atoms with Gasteiger partial charge in [-0.2, -0.15) is 0 Å². The maximum Gasteiger partial charge on any atom is 0.142 e. The lowest BCUT2D eigenvalue weighted by Crippen LogP contribution is -2.01. The molecule has 0 unspecified atom stereocenters. The van der Waals surface area contributed by atoms with Gasteiger partial charge >= 0.3 is 0 Å². The summed E-state index contributed by atoms with van der Waals surface area (Å²) in [6, 6.07) is 11.9. The van der Waals surface area contributed by atoms with Crippen LogP contribution in [-0.2, 0) is 6.42 Å². The van der Waals surface area contributed by atoms with Crippen molar-refractivity contribution >= 4 is 17.3 Å². The summed E-state index contributed by atoms with van der Waals surface area (Å²) in [5.41, 5.74) is 7.47. The average molecular weight is 266 g/mol. The second-order valence-corrected chi connectivity index (χ2v) is 4.32. The van der Waals surface area contributed by atoms with E-state index >= 15 is 0 Å². The van der Waals surface area contributed by atoms with E-state index in [9.17, 15) is 4.39 Å². The first-order chi connectivity index (χ1) is 8.65. The Bertz CT molecular complexity index is 528. The minimum absolute atomic E-state index is 0.0694. The molecule has 0 saturated heterocycles. The predicted molar refractivity (Wildman–Crippen MR) is 71.5 cm³/mol. The summed E-state index contributed by atoms with van der Waals surface area (Å²) >= 11 is 5.66. The number of nitrogens with two attached hydrogens (primary N) is 1. The Morgan fingerprint density at radius 3 is 2.50 bits per heavy atom. The fraction of sp³-hybridized carbons (Fsp3) is 0.143. The Morgan fingerprint density at radius 1 is 1.11 bits per heavy atom. The van der Waals surface area contributed by atoms with E-state index in [0.717, 1.165) is 17.7 Å². The molecule has 0 aromatic heterocycles. The first-order valence-corrected chi connectivity index (χ1v) is 5.95. The van der Waals surface area contributed by atoms with E-state index < -0.39 is 5.82 Å². The van der Waals surface area contributed by atoms with Crippen molar-refractivity contribution in [2.75, 3.05) is 12.3 Å². The van der Waals surface area contributed by atoms with Crippen LogP contribution in [0.3, 0.4) is 0 Å². The number of rotatable bonds is 4. The normalized spacial score (nSPS) is 10.3. The molecule has 0 aliphatic heterocycles. The fourth-order valence-corrected chi connectivity index (χ4v) is 1.71. The van der Waals surface area contributed by atoms with Gasteiger partial charge < -0.3 is 10.5 Å². The van der Waals surface area contributed by atoms with E-state index in [0.29, 0.717) is 12.4 Å². The number of ether oxygens (including phenoxy) is 1. The minimum Gasteiger partial charge on any atom is -0.493 e. The monoisotopic (exact) mass is 265 g/mol. The molecule has 0 atom stereocenters. The molecule has 4 heteroatoms. The highest BCUT2D eigenvalue weighted by Gasteiger charge is 2.01. The van der Waals surface area contributed by atoms with Gasteiger partial charge in [-0.3, -0.25) is 0 Å². The Hall–Kier alpha value is -1.74. The molecule has 18 heavy (non-hydrogen) atoms. The summed E-state index contributed by atoms with van der Waals surface area (Å²) in [7, 11) is 0. The third kappa shape index (κ3) is 3.37. The number of halogens is 2. The summed E-state index contributed by atoms with van der Waals surface area (Å²) < 4.78 is 18.4. The van der Waals surface area contributed by atoms with Crippen LogP contribution in [0.25, 0.3) is 0 Å². The third-order valence-corrected chi connectivity index (χ3v) is 2.82. The zero-order valence-corrected chi connectivity index (χ0v) is 10.5. The lowest BCUT2D eigenvalue weighted by molar-refractivity contribution is 0.321. The summed E-state index contributed by atoms with van der Waals surface area (Å²) in [5, 5.41) is 0.0694. The Morgan fingerprint density at radius 2 is 1.83 bits per heavy atom. The van der Waals surface area contributed by atoms with Gasteiger partial charge in [0.05, 0.1) is 11.6 Å². The Labute approximate surface area is 110 Å². The molecule has 0 heterocycles. The molecule has 0 fully saturated rings. The fourth-order valence-electron chi connectivity index (χ4n) is 1.54. The van der Waals surface area contributed by atoms with Crippen LogP contribution in [0.1, 0.15) is 5.56 Å². The molecule has 0 saturated carbocycles. The number of benzene rings is 2. The van der Waals surface area contributed by atoms with Crippen LogP contribution >= 0.6 is 11.6 Å². The SMILES string of the molecule is Nc1ccc(CCOc2ccc(F)c(Cl)c2)cc1. The summed E-state index contributed by atoms with van der Waals surface area (Å²) in [6.45, 7) is 0.506. The van der Waals surface area contributed by atoms with Crippen molar-refractivity contribution in [2.24, 2.45) is 0 Å². The quantitative estimate of drug-likeness (QED) is 0.856. The highest BCUT2D eigenvalue weighted by molar-refractivity contribution is 6.30. The molecule has 2 nitrogen and oxygen atoms in total. The molecule has 94 valence electrons. The van der Waals surface area contributed by atoms with Gasteiger partial charge in [0.25, 0.3) is 0 Å². The molecule has 0 radical (unpaired) electrons. The smallest absolute Gasteiger partial charge is 0.142 e. The molecular formula is C14H13ClFNO. The van der Waals surface area contributed by atoms with Gasteiger partial charge in [-0.05, 0) is 29.8 Å². The molecule has 0 amide bonds. The van der Waals surface area contributed by atoms with Gasteiger partial charge in [-0.1, -0.05) is 23.7 Å². The Kier molecular flexibility index (Phi) is 4.05. The van der Waals surface area contributed by atoms with Crippen molar-refractivity contribution in [3.8, 4) is 5.75 Å². The zero-order chi connectivity index (χ0) is 13.0. The van der Waals surface area contributed by atoms with Gasteiger partial charge in [-0.15, -0.1) is 0 Å². The first-order valence-electron chi connectivity index (χ1n) is 5.57. The predicted octanol–water partition coefficient (Wildman–Crippen LogP) is 3.68. The van der Waals surface area contributed by atoms with Crippen LogP contribution in [0.15, 0.2) is 42.5 Å². The number of hydrogen-bond acceptors (Lipinski definition) is 2. The molecule has 0 aliphatic carbocycles.